The monoisotopic (exact) mass is 279 g/mol. The van der Waals surface area contributed by atoms with E-state index in [0.717, 1.165) is 48.5 Å². The zero-order chi connectivity index (χ0) is 14.7. The van der Waals surface area contributed by atoms with Gasteiger partial charge in [0.2, 0.25) is 0 Å². The van der Waals surface area contributed by atoms with Gasteiger partial charge in [-0.05, 0) is 36.0 Å². The maximum atomic E-state index is 12.8. The molecule has 0 bridgehead atoms. The second kappa shape index (κ2) is 6.13. The smallest absolute Gasteiger partial charge is 0.254 e. The van der Waals surface area contributed by atoms with Crippen molar-refractivity contribution < 1.29 is 4.79 Å². The number of nitrogens with zero attached hydrogens (tertiary/aromatic N) is 1. The zero-order valence-electron chi connectivity index (χ0n) is 12.5. The molecule has 1 fully saturated rings. The SMILES string of the molecule is CC1CCN(C(=O)c2ccccc2-c2ccccc2)CC1. The highest BCUT2D eigenvalue weighted by Gasteiger charge is 2.23. The van der Waals surface area contributed by atoms with Crippen LogP contribution in [0.1, 0.15) is 30.1 Å². The fraction of sp³-hybridized carbons (Fsp3) is 0.316. The maximum absolute atomic E-state index is 12.8. The number of amides is 1. The molecule has 0 saturated carbocycles. The lowest BCUT2D eigenvalue weighted by Crippen LogP contribution is -2.38. The van der Waals surface area contributed by atoms with E-state index in [0.29, 0.717) is 0 Å². The minimum atomic E-state index is 0.168. The molecule has 0 aliphatic carbocycles. The van der Waals surface area contributed by atoms with Crippen LogP contribution in [0.4, 0.5) is 0 Å². The Morgan fingerprint density at radius 3 is 2.29 bits per heavy atom. The zero-order valence-corrected chi connectivity index (χ0v) is 12.5. The predicted molar refractivity (Wildman–Crippen MR) is 86.2 cm³/mol. The van der Waals surface area contributed by atoms with Gasteiger partial charge in [0.05, 0.1) is 0 Å². The van der Waals surface area contributed by atoms with Gasteiger partial charge in [-0.25, -0.2) is 0 Å². The first-order valence-corrected chi connectivity index (χ1v) is 7.69. The van der Waals surface area contributed by atoms with Crippen molar-refractivity contribution in [3.8, 4) is 11.1 Å². The maximum Gasteiger partial charge on any atom is 0.254 e. The van der Waals surface area contributed by atoms with Crippen LogP contribution >= 0.6 is 0 Å². The van der Waals surface area contributed by atoms with Crippen molar-refractivity contribution >= 4 is 5.91 Å². The third-order valence-electron chi connectivity index (χ3n) is 4.31. The first-order valence-electron chi connectivity index (χ1n) is 7.69. The van der Waals surface area contributed by atoms with Crippen LogP contribution in [0.25, 0.3) is 11.1 Å². The molecule has 1 aliphatic heterocycles. The van der Waals surface area contributed by atoms with Crippen molar-refractivity contribution in [1.29, 1.82) is 0 Å². The molecule has 0 radical (unpaired) electrons. The Morgan fingerprint density at radius 2 is 1.57 bits per heavy atom. The first kappa shape index (κ1) is 13.9. The minimum absolute atomic E-state index is 0.168. The van der Waals surface area contributed by atoms with E-state index in [9.17, 15) is 4.79 Å². The molecule has 0 spiro atoms. The second-order valence-electron chi connectivity index (χ2n) is 5.89. The number of piperidine rings is 1. The lowest BCUT2D eigenvalue weighted by molar-refractivity contribution is 0.0698. The Hall–Kier alpha value is -2.09. The summed E-state index contributed by atoms with van der Waals surface area (Å²) < 4.78 is 0. The third-order valence-corrected chi connectivity index (χ3v) is 4.31. The summed E-state index contributed by atoms with van der Waals surface area (Å²) in [5, 5.41) is 0. The molecule has 0 N–H and O–H groups in total. The van der Waals surface area contributed by atoms with Gasteiger partial charge in [-0.3, -0.25) is 4.79 Å². The first-order chi connectivity index (χ1) is 10.3. The van der Waals surface area contributed by atoms with Gasteiger partial charge in [-0.2, -0.15) is 0 Å². The van der Waals surface area contributed by atoms with Gasteiger partial charge in [0.1, 0.15) is 0 Å². The Morgan fingerprint density at radius 1 is 0.952 bits per heavy atom. The molecule has 1 aliphatic rings. The lowest BCUT2D eigenvalue weighted by atomic mass is 9.96. The van der Waals surface area contributed by atoms with Crippen LogP contribution in [-0.2, 0) is 0 Å². The van der Waals surface area contributed by atoms with Crippen molar-refractivity contribution in [3.05, 3.63) is 60.2 Å². The molecular weight excluding hydrogens is 258 g/mol. The highest BCUT2D eigenvalue weighted by atomic mass is 16.2. The normalized spacial score (nSPS) is 16.0. The average molecular weight is 279 g/mol. The third kappa shape index (κ3) is 2.99. The molecule has 1 amide bonds. The van der Waals surface area contributed by atoms with E-state index in [1.54, 1.807) is 0 Å². The van der Waals surface area contributed by atoms with Crippen molar-refractivity contribution in [2.75, 3.05) is 13.1 Å². The van der Waals surface area contributed by atoms with E-state index >= 15 is 0 Å². The Kier molecular flexibility index (Phi) is 4.05. The van der Waals surface area contributed by atoms with Gasteiger partial charge >= 0.3 is 0 Å². The standard InChI is InChI=1S/C19H21NO/c1-15-11-13-20(14-12-15)19(21)18-10-6-5-9-17(18)16-7-3-2-4-8-16/h2-10,15H,11-14H2,1H3. The summed E-state index contributed by atoms with van der Waals surface area (Å²) in [6, 6.07) is 18.1. The Balaban J connectivity index is 1.90. The van der Waals surface area contributed by atoms with E-state index in [4.69, 9.17) is 0 Å². The molecule has 2 aromatic rings. The summed E-state index contributed by atoms with van der Waals surface area (Å²) in [5.74, 6) is 0.903. The summed E-state index contributed by atoms with van der Waals surface area (Å²) in [5.41, 5.74) is 2.95. The van der Waals surface area contributed by atoms with Gasteiger partial charge in [-0.15, -0.1) is 0 Å². The summed E-state index contributed by atoms with van der Waals surface area (Å²) in [7, 11) is 0. The van der Waals surface area contributed by atoms with Crippen LogP contribution in [0.2, 0.25) is 0 Å². The van der Waals surface area contributed by atoms with Gasteiger partial charge in [-0.1, -0.05) is 55.5 Å². The minimum Gasteiger partial charge on any atom is -0.339 e. The largest absolute Gasteiger partial charge is 0.339 e. The number of carbonyl (C=O) groups is 1. The molecule has 2 aromatic carbocycles. The summed E-state index contributed by atoms with van der Waals surface area (Å²) >= 11 is 0. The van der Waals surface area contributed by atoms with Gasteiger partial charge in [0.25, 0.3) is 5.91 Å². The van der Waals surface area contributed by atoms with E-state index in [-0.39, 0.29) is 5.91 Å². The van der Waals surface area contributed by atoms with Gasteiger partial charge in [0.15, 0.2) is 0 Å². The molecule has 1 saturated heterocycles. The fourth-order valence-electron chi connectivity index (χ4n) is 2.92. The number of benzene rings is 2. The molecule has 1 heterocycles. The number of carbonyl (C=O) groups excluding carboxylic acids is 1. The van der Waals surface area contributed by atoms with E-state index in [1.165, 1.54) is 0 Å². The van der Waals surface area contributed by atoms with Gasteiger partial charge in [0, 0.05) is 18.7 Å². The highest BCUT2D eigenvalue weighted by molar-refractivity contribution is 6.00. The van der Waals surface area contributed by atoms with E-state index in [2.05, 4.69) is 19.1 Å². The molecule has 3 rings (SSSR count). The van der Waals surface area contributed by atoms with Crippen molar-refractivity contribution in [3.63, 3.8) is 0 Å². The van der Waals surface area contributed by atoms with Crippen LogP contribution in [0, 0.1) is 5.92 Å². The van der Waals surface area contributed by atoms with Crippen molar-refractivity contribution in [2.24, 2.45) is 5.92 Å². The fourth-order valence-corrected chi connectivity index (χ4v) is 2.92. The molecule has 21 heavy (non-hydrogen) atoms. The van der Waals surface area contributed by atoms with E-state index in [1.807, 2.05) is 47.4 Å². The molecular formula is C19H21NO. The van der Waals surface area contributed by atoms with Crippen LogP contribution in [-0.4, -0.2) is 23.9 Å². The Bertz CT molecular complexity index is 612. The summed E-state index contributed by atoms with van der Waals surface area (Å²) in [6.07, 6.45) is 2.22. The Labute approximate surface area is 126 Å². The van der Waals surface area contributed by atoms with Crippen LogP contribution in [0.3, 0.4) is 0 Å². The predicted octanol–water partition coefficient (Wildman–Crippen LogP) is 4.23. The van der Waals surface area contributed by atoms with Crippen molar-refractivity contribution in [2.45, 2.75) is 19.8 Å². The number of hydrogen-bond acceptors (Lipinski definition) is 1. The quantitative estimate of drug-likeness (QED) is 0.805. The molecule has 108 valence electrons. The van der Waals surface area contributed by atoms with E-state index < -0.39 is 0 Å². The summed E-state index contributed by atoms with van der Waals surface area (Å²) in [6.45, 7) is 4.02. The number of rotatable bonds is 2. The van der Waals surface area contributed by atoms with Crippen LogP contribution < -0.4 is 0 Å². The number of likely N-dealkylation sites (tertiary alicyclic amines) is 1. The van der Waals surface area contributed by atoms with Crippen LogP contribution in [0.5, 0.6) is 0 Å². The molecule has 2 nitrogen and oxygen atoms in total. The molecule has 0 unspecified atom stereocenters. The molecule has 0 atom stereocenters. The second-order valence-corrected chi connectivity index (χ2v) is 5.89. The average Bonchev–Trinajstić information content (AvgIpc) is 2.56. The highest BCUT2D eigenvalue weighted by Crippen LogP contribution is 2.26. The molecule has 0 aromatic heterocycles. The van der Waals surface area contributed by atoms with Crippen LogP contribution in [0.15, 0.2) is 54.6 Å². The van der Waals surface area contributed by atoms with Crippen molar-refractivity contribution in [1.82, 2.24) is 4.90 Å². The topological polar surface area (TPSA) is 20.3 Å². The van der Waals surface area contributed by atoms with Gasteiger partial charge < -0.3 is 4.90 Å². The summed E-state index contributed by atoms with van der Waals surface area (Å²) in [4.78, 5) is 14.8. The lowest BCUT2D eigenvalue weighted by Gasteiger charge is -2.30. The number of hydrogen-bond donors (Lipinski definition) is 0. The molecule has 2 heteroatoms.